The molecule has 58 heavy (non-hydrogen) atoms. The van der Waals surface area contributed by atoms with E-state index in [0.29, 0.717) is 95.5 Å². The summed E-state index contributed by atoms with van der Waals surface area (Å²) in [6, 6.07) is 12.0. The number of carboxylic acid groups (broad SMARTS) is 1. The molecule has 18 heteroatoms. The molecule has 0 fully saturated rings. The number of carbonyl (C=O) groups is 1. The van der Waals surface area contributed by atoms with Crippen molar-refractivity contribution in [2.75, 3.05) is 84.1 Å². The van der Waals surface area contributed by atoms with Crippen LogP contribution in [-0.2, 0) is 49.4 Å². The number of anilines is 1. The predicted molar refractivity (Wildman–Crippen MR) is 214 cm³/mol. The Hall–Kier alpha value is -2.94. The Labute approximate surface area is 363 Å². The van der Waals surface area contributed by atoms with Gasteiger partial charge >= 0.3 is 35.5 Å². The Kier molecular flexibility index (Phi) is 20.2. The fourth-order valence-electron chi connectivity index (χ4n) is 6.93. The van der Waals surface area contributed by atoms with Crippen LogP contribution < -0.4 is 44.4 Å². The normalized spacial score (nSPS) is 16.3. The number of hydrogen-bond acceptors (Lipinski definition) is 12. The van der Waals surface area contributed by atoms with Crippen molar-refractivity contribution in [1.29, 1.82) is 0 Å². The summed E-state index contributed by atoms with van der Waals surface area (Å²) in [5, 5.41) is 10.0. The Morgan fingerprint density at radius 2 is 1.60 bits per heavy atom. The second-order valence-corrected chi connectivity index (χ2v) is 16.8. The summed E-state index contributed by atoms with van der Waals surface area (Å²) in [6.45, 7) is 6.47. The first-order chi connectivity index (χ1) is 27.2. The second-order valence-electron chi connectivity index (χ2n) is 13.9. The first-order valence-electron chi connectivity index (χ1n) is 18.8. The molecule has 0 aromatic heterocycles. The Morgan fingerprint density at radius 1 is 0.914 bits per heavy atom. The number of hydrogen-bond donors (Lipinski definition) is 2. The number of allylic oxidation sites excluding steroid dienone is 3. The van der Waals surface area contributed by atoms with Crippen molar-refractivity contribution in [2.24, 2.45) is 0 Å². The number of ether oxygens (including phenoxy) is 4. The molecule has 314 valence electrons. The minimum atomic E-state index is -4.81. The van der Waals surface area contributed by atoms with Crippen molar-refractivity contribution >= 4 is 38.0 Å². The molecule has 0 amide bonds. The van der Waals surface area contributed by atoms with Crippen molar-refractivity contribution in [3.63, 3.8) is 0 Å². The van der Waals surface area contributed by atoms with Gasteiger partial charge in [0.15, 0.2) is 13.1 Å². The molecule has 0 spiro atoms. The molecular weight excluding hydrogens is 804 g/mol. The van der Waals surface area contributed by atoms with Crippen molar-refractivity contribution in [1.82, 2.24) is 4.58 Å². The van der Waals surface area contributed by atoms with E-state index >= 15 is 0 Å². The SMILES string of the molecule is COCCOCC[N+](CCOCCOC)=c1ccc2c(/C=C/C=C3/N(CCCCCC(=O)O)c4ccc(S(=O)(=O)[O-])cc4C3(C)CCCS(=O)(=O)O)ccoc-2c1.[Na+]. The average molecular weight is 858 g/mol. The minimum Gasteiger partial charge on any atom is -0.744 e. The fraction of sp³-hybridized carbons (Fsp3) is 0.500. The zero-order valence-electron chi connectivity index (χ0n) is 33.8. The number of rotatable bonds is 25. The van der Waals surface area contributed by atoms with Gasteiger partial charge in [-0.15, -0.1) is 0 Å². The van der Waals surface area contributed by atoms with Crippen LogP contribution in [0.15, 0.2) is 75.9 Å². The van der Waals surface area contributed by atoms with Crippen LogP contribution in [-0.4, -0.2) is 116 Å². The zero-order chi connectivity index (χ0) is 41.5. The maximum absolute atomic E-state index is 12.1. The number of aliphatic carboxylic acids is 1. The van der Waals surface area contributed by atoms with Gasteiger partial charge in [-0.1, -0.05) is 18.6 Å². The Bertz CT molecular complexity index is 2100. The van der Waals surface area contributed by atoms with Crippen LogP contribution in [0.1, 0.15) is 56.6 Å². The van der Waals surface area contributed by atoms with Crippen LogP contribution in [0, 0.1) is 0 Å². The first kappa shape index (κ1) is 49.4. The third kappa shape index (κ3) is 14.7. The molecule has 2 heterocycles. The van der Waals surface area contributed by atoms with Crippen molar-refractivity contribution in [3.05, 3.63) is 83.1 Å². The van der Waals surface area contributed by atoms with Crippen LogP contribution in [0.3, 0.4) is 0 Å². The zero-order valence-corrected chi connectivity index (χ0v) is 37.4. The predicted octanol–water partition coefficient (Wildman–Crippen LogP) is 1.38. The molecule has 1 unspecified atom stereocenters. The molecule has 2 N–H and O–H groups in total. The summed E-state index contributed by atoms with van der Waals surface area (Å²) in [5.41, 5.74) is 2.65. The number of methoxy groups -OCH3 is 2. The molecule has 1 aliphatic carbocycles. The Morgan fingerprint density at radius 3 is 2.22 bits per heavy atom. The van der Waals surface area contributed by atoms with Gasteiger partial charge in [0.25, 0.3) is 10.1 Å². The van der Waals surface area contributed by atoms with E-state index < -0.39 is 42.3 Å². The van der Waals surface area contributed by atoms with E-state index in [1.807, 2.05) is 54.3 Å². The maximum atomic E-state index is 12.1. The maximum Gasteiger partial charge on any atom is 1.00 e. The minimum absolute atomic E-state index is 0. The summed E-state index contributed by atoms with van der Waals surface area (Å²) in [4.78, 5) is 12.7. The van der Waals surface area contributed by atoms with Crippen LogP contribution in [0.25, 0.3) is 17.4 Å². The van der Waals surface area contributed by atoms with Crippen molar-refractivity contribution in [2.45, 2.75) is 55.8 Å². The molecule has 0 saturated heterocycles. The first-order valence-corrected chi connectivity index (χ1v) is 21.9. The van der Waals surface area contributed by atoms with Crippen molar-refractivity contribution < 1.29 is 88.8 Å². The van der Waals surface area contributed by atoms with Crippen LogP contribution >= 0.6 is 0 Å². The van der Waals surface area contributed by atoms with Gasteiger partial charge in [-0.3, -0.25) is 9.35 Å². The molecular formula is C40H54N2NaO13S2+. The summed E-state index contributed by atoms with van der Waals surface area (Å²) in [6.07, 6.45) is 9.25. The van der Waals surface area contributed by atoms with Crippen molar-refractivity contribution in [3.8, 4) is 11.3 Å². The van der Waals surface area contributed by atoms with E-state index in [0.717, 1.165) is 22.2 Å². The van der Waals surface area contributed by atoms with Gasteiger partial charge in [0.05, 0.1) is 49.4 Å². The van der Waals surface area contributed by atoms with E-state index in [1.165, 1.54) is 12.1 Å². The largest absolute Gasteiger partial charge is 1.00 e. The third-order valence-corrected chi connectivity index (χ3v) is 11.5. The summed E-state index contributed by atoms with van der Waals surface area (Å²) < 4.78 is 99.1. The number of unbranched alkanes of at least 4 members (excludes halogenated alkanes) is 2. The van der Waals surface area contributed by atoms with E-state index in [-0.39, 0.29) is 48.8 Å². The van der Waals surface area contributed by atoms with Gasteiger partial charge in [-0.05, 0) is 80.1 Å². The van der Waals surface area contributed by atoms with E-state index in [4.69, 9.17) is 28.5 Å². The van der Waals surface area contributed by atoms with E-state index in [9.17, 15) is 30.7 Å². The molecule has 1 aromatic carbocycles. The van der Waals surface area contributed by atoms with E-state index in [1.54, 1.807) is 26.5 Å². The monoisotopic (exact) mass is 857 g/mol. The molecule has 15 nitrogen and oxygen atoms in total. The summed E-state index contributed by atoms with van der Waals surface area (Å²) in [5.74, 6) is -0.742. The summed E-state index contributed by atoms with van der Waals surface area (Å²) in [7, 11) is -5.84. The van der Waals surface area contributed by atoms with Gasteiger partial charge in [0.1, 0.15) is 29.1 Å². The molecule has 4 rings (SSSR count). The average Bonchev–Trinajstić information content (AvgIpc) is 3.38. The molecule has 0 radical (unpaired) electrons. The van der Waals surface area contributed by atoms with Gasteiger partial charge in [0.2, 0.25) is 5.36 Å². The third-order valence-electron chi connectivity index (χ3n) is 9.84. The van der Waals surface area contributed by atoms with Crippen LogP contribution in [0.2, 0.25) is 0 Å². The number of benzene rings is 2. The fourth-order valence-corrected chi connectivity index (χ4v) is 7.94. The van der Waals surface area contributed by atoms with Gasteiger partial charge < -0.3 is 37.9 Å². The molecule has 1 atom stereocenters. The topological polar surface area (TPSA) is 205 Å². The summed E-state index contributed by atoms with van der Waals surface area (Å²) >= 11 is 0. The Balaban J connectivity index is 0.00000900. The standard InChI is InChI=1S/C40H54N2O13S2.Na/c1-40(17-8-28-56(45,46)47)35-30-33(57(48,49)50)13-15-36(35)42(18-6-4-5-11-39(43)44)38(40)10-7-9-31-16-21-55-37-29-32(12-14-34(31)37)41(19-22-53-26-24-51-2)20-23-54-27-25-52-3;/h7,9-10,12-16,21,29-30H,4-6,8,11,17-20,22-28H2,1-3H3,(H2-,43,44,45,46,47,48,49,50);/q;+1. The smallest absolute Gasteiger partial charge is 0.744 e. The van der Waals surface area contributed by atoms with Gasteiger partial charge in [-0.2, -0.15) is 8.42 Å². The number of carboxylic acids is 1. The van der Waals surface area contributed by atoms with Gasteiger partial charge in [0, 0.05) is 55.6 Å². The van der Waals surface area contributed by atoms with E-state index in [2.05, 4.69) is 4.58 Å². The number of fused-ring (bicyclic) bond motifs is 2. The van der Waals surface area contributed by atoms with Gasteiger partial charge in [-0.25, -0.2) is 13.0 Å². The molecule has 0 bridgehead atoms. The molecule has 3 aliphatic rings. The van der Waals surface area contributed by atoms with Crippen LogP contribution in [0.4, 0.5) is 5.69 Å². The quantitative estimate of drug-likeness (QED) is 0.0535. The molecule has 1 aromatic rings. The van der Waals surface area contributed by atoms with Crippen LogP contribution in [0.5, 0.6) is 0 Å². The molecule has 2 aliphatic heterocycles. The number of nitrogens with zero attached hydrogens (tertiary/aromatic N) is 2. The molecule has 0 saturated carbocycles. The second kappa shape index (κ2) is 23.7.